The van der Waals surface area contributed by atoms with Crippen LogP contribution < -0.4 is 10.2 Å². The molecule has 0 bridgehead atoms. The van der Waals surface area contributed by atoms with Gasteiger partial charge >= 0.3 is 0 Å². The molecule has 0 spiro atoms. The molecule has 1 aliphatic rings. The molecule has 0 atom stereocenters. The molecular formula is C22H23FN4. The van der Waals surface area contributed by atoms with Crippen LogP contribution in [-0.2, 0) is 0 Å². The minimum Gasteiger partial charge on any atom is -0.356 e. The summed E-state index contributed by atoms with van der Waals surface area (Å²) in [6, 6.07) is 18.5. The van der Waals surface area contributed by atoms with Crippen molar-refractivity contribution in [1.82, 2.24) is 9.97 Å². The van der Waals surface area contributed by atoms with Gasteiger partial charge in [0.15, 0.2) is 0 Å². The Morgan fingerprint density at radius 1 is 0.963 bits per heavy atom. The summed E-state index contributed by atoms with van der Waals surface area (Å²) in [5, 5.41) is 3.15. The second kappa shape index (κ2) is 7.74. The van der Waals surface area contributed by atoms with Crippen LogP contribution in [0.5, 0.6) is 0 Å². The van der Waals surface area contributed by atoms with Crippen LogP contribution in [0.3, 0.4) is 0 Å². The van der Waals surface area contributed by atoms with Crippen LogP contribution in [0.4, 0.5) is 21.8 Å². The van der Waals surface area contributed by atoms with Crippen LogP contribution in [0.2, 0.25) is 0 Å². The van der Waals surface area contributed by atoms with E-state index in [1.165, 1.54) is 12.1 Å². The molecule has 2 heterocycles. The number of halogens is 1. The smallest absolute Gasteiger partial charge is 0.229 e. The van der Waals surface area contributed by atoms with Gasteiger partial charge in [0.1, 0.15) is 11.6 Å². The van der Waals surface area contributed by atoms with Crippen molar-refractivity contribution in [2.45, 2.75) is 19.8 Å². The van der Waals surface area contributed by atoms with Gasteiger partial charge in [-0.1, -0.05) is 43.3 Å². The van der Waals surface area contributed by atoms with Crippen LogP contribution in [-0.4, -0.2) is 23.1 Å². The molecule has 1 aromatic heterocycles. The number of nitrogens with zero attached hydrogens (tertiary/aromatic N) is 3. The number of aromatic nitrogens is 2. The van der Waals surface area contributed by atoms with Crippen LogP contribution in [0.25, 0.3) is 11.3 Å². The number of nitrogens with one attached hydrogen (secondary N) is 1. The van der Waals surface area contributed by atoms with E-state index < -0.39 is 0 Å². The van der Waals surface area contributed by atoms with E-state index >= 15 is 0 Å². The number of hydrogen-bond acceptors (Lipinski definition) is 4. The standard InChI is InChI=1S/C22H23FN4/c1-16-10-12-27(13-11-16)21-15-20(17-6-3-2-4-7-17)25-22(26-21)24-19-9-5-8-18(23)14-19/h2-9,14-16H,10-13H2,1H3,(H,24,25,26). The first kappa shape index (κ1) is 17.5. The first-order valence-electron chi connectivity index (χ1n) is 9.39. The molecule has 5 heteroatoms. The Kier molecular flexibility index (Phi) is 5.01. The van der Waals surface area contributed by atoms with Crippen molar-refractivity contribution in [3.8, 4) is 11.3 Å². The second-order valence-electron chi connectivity index (χ2n) is 7.11. The van der Waals surface area contributed by atoms with E-state index in [0.29, 0.717) is 11.6 Å². The van der Waals surface area contributed by atoms with Crippen molar-refractivity contribution in [1.29, 1.82) is 0 Å². The molecular weight excluding hydrogens is 339 g/mol. The van der Waals surface area contributed by atoms with Crippen LogP contribution in [0.1, 0.15) is 19.8 Å². The molecule has 1 fully saturated rings. The van der Waals surface area contributed by atoms with E-state index in [2.05, 4.69) is 22.1 Å². The molecule has 1 N–H and O–H groups in total. The summed E-state index contributed by atoms with van der Waals surface area (Å²) in [6.45, 7) is 4.28. The van der Waals surface area contributed by atoms with Gasteiger partial charge < -0.3 is 10.2 Å². The van der Waals surface area contributed by atoms with Crippen LogP contribution >= 0.6 is 0 Å². The lowest BCUT2D eigenvalue weighted by Gasteiger charge is -2.31. The van der Waals surface area contributed by atoms with Gasteiger partial charge in [0.25, 0.3) is 0 Å². The third-order valence-corrected chi connectivity index (χ3v) is 4.97. The Balaban J connectivity index is 1.70. The highest BCUT2D eigenvalue weighted by Crippen LogP contribution is 2.27. The minimum absolute atomic E-state index is 0.288. The molecule has 4 rings (SSSR count). The Bertz CT molecular complexity index is 905. The number of anilines is 3. The highest BCUT2D eigenvalue weighted by Gasteiger charge is 2.19. The number of piperidine rings is 1. The zero-order chi connectivity index (χ0) is 18.6. The topological polar surface area (TPSA) is 41.1 Å². The van der Waals surface area contributed by atoms with Gasteiger partial charge in [-0.05, 0) is 37.0 Å². The summed E-state index contributed by atoms with van der Waals surface area (Å²) >= 11 is 0. The minimum atomic E-state index is -0.288. The molecule has 3 aromatic rings. The maximum Gasteiger partial charge on any atom is 0.229 e. The molecule has 1 saturated heterocycles. The zero-order valence-corrected chi connectivity index (χ0v) is 15.4. The summed E-state index contributed by atoms with van der Waals surface area (Å²) in [5.41, 5.74) is 2.53. The second-order valence-corrected chi connectivity index (χ2v) is 7.11. The van der Waals surface area contributed by atoms with Gasteiger partial charge in [0, 0.05) is 30.4 Å². The molecule has 0 amide bonds. The number of rotatable bonds is 4. The van der Waals surface area contributed by atoms with Gasteiger partial charge in [-0.25, -0.2) is 9.37 Å². The molecule has 0 radical (unpaired) electrons. The fraction of sp³-hybridized carbons (Fsp3) is 0.273. The number of benzene rings is 2. The van der Waals surface area contributed by atoms with Crippen molar-refractivity contribution in [3.05, 3.63) is 66.5 Å². The van der Waals surface area contributed by atoms with E-state index in [9.17, 15) is 4.39 Å². The lowest BCUT2D eigenvalue weighted by molar-refractivity contribution is 0.436. The average molecular weight is 362 g/mol. The van der Waals surface area contributed by atoms with Crippen molar-refractivity contribution in [3.63, 3.8) is 0 Å². The van der Waals surface area contributed by atoms with Crippen molar-refractivity contribution >= 4 is 17.5 Å². The first-order valence-corrected chi connectivity index (χ1v) is 9.39. The van der Waals surface area contributed by atoms with E-state index in [1.54, 1.807) is 6.07 Å². The predicted molar refractivity (Wildman–Crippen MR) is 108 cm³/mol. The lowest BCUT2D eigenvalue weighted by Crippen LogP contribution is -2.33. The van der Waals surface area contributed by atoms with Gasteiger partial charge in [-0.3, -0.25) is 0 Å². The fourth-order valence-corrected chi connectivity index (χ4v) is 3.34. The summed E-state index contributed by atoms with van der Waals surface area (Å²) < 4.78 is 13.5. The van der Waals surface area contributed by atoms with Crippen LogP contribution in [0, 0.1) is 11.7 Å². The van der Waals surface area contributed by atoms with Crippen molar-refractivity contribution in [2.75, 3.05) is 23.3 Å². The fourth-order valence-electron chi connectivity index (χ4n) is 3.34. The number of hydrogen-bond donors (Lipinski definition) is 1. The molecule has 0 unspecified atom stereocenters. The third kappa shape index (κ3) is 4.25. The average Bonchev–Trinajstić information content (AvgIpc) is 2.69. The Morgan fingerprint density at radius 3 is 2.48 bits per heavy atom. The van der Waals surface area contributed by atoms with Crippen molar-refractivity contribution < 1.29 is 4.39 Å². The molecule has 0 aliphatic carbocycles. The zero-order valence-electron chi connectivity index (χ0n) is 15.4. The molecule has 138 valence electrons. The summed E-state index contributed by atoms with van der Waals surface area (Å²) in [6.07, 6.45) is 2.33. The summed E-state index contributed by atoms with van der Waals surface area (Å²) in [5.74, 6) is 1.86. The Labute approximate surface area is 159 Å². The van der Waals surface area contributed by atoms with E-state index in [0.717, 1.165) is 48.9 Å². The SMILES string of the molecule is CC1CCN(c2cc(-c3ccccc3)nc(Nc3cccc(F)c3)n2)CC1. The highest BCUT2D eigenvalue weighted by molar-refractivity contribution is 5.66. The normalized spacial score (nSPS) is 15.0. The van der Waals surface area contributed by atoms with E-state index in [-0.39, 0.29) is 5.82 Å². The van der Waals surface area contributed by atoms with Gasteiger partial charge in [-0.15, -0.1) is 0 Å². The maximum atomic E-state index is 13.5. The Hall–Kier alpha value is -2.95. The first-order chi connectivity index (χ1) is 13.2. The summed E-state index contributed by atoms with van der Waals surface area (Å²) in [7, 11) is 0. The highest BCUT2D eigenvalue weighted by atomic mass is 19.1. The molecule has 1 aliphatic heterocycles. The lowest BCUT2D eigenvalue weighted by atomic mass is 9.99. The molecule has 27 heavy (non-hydrogen) atoms. The van der Waals surface area contributed by atoms with Gasteiger partial charge in [0.05, 0.1) is 5.69 Å². The largest absolute Gasteiger partial charge is 0.356 e. The molecule has 0 saturated carbocycles. The summed E-state index contributed by atoms with van der Waals surface area (Å²) in [4.78, 5) is 11.7. The van der Waals surface area contributed by atoms with Gasteiger partial charge in [0.2, 0.25) is 5.95 Å². The third-order valence-electron chi connectivity index (χ3n) is 4.97. The van der Waals surface area contributed by atoms with Crippen molar-refractivity contribution in [2.24, 2.45) is 5.92 Å². The quantitative estimate of drug-likeness (QED) is 0.687. The Morgan fingerprint density at radius 2 is 1.74 bits per heavy atom. The predicted octanol–water partition coefficient (Wildman–Crippen LogP) is 5.26. The monoisotopic (exact) mass is 362 g/mol. The molecule has 2 aromatic carbocycles. The maximum absolute atomic E-state index is 13.5. The molecule has 4 nitrogen and oxygen atoms in total. The van der Waals surface area contributed by atoms with Crippen LogP contribution in [0.15, 0.2) is 60.7 Å². The van der Waals surface area contributed by atoms with E-state index in [4.69, 9.17) is 4.98 Å². The van der Waals surface area contributed by atoms with Gasteiger partial charge in [-0.2, -0.15) is 4.98 Å². The van der Waals surface area contributed by atoms with E-state index in [1.807, 2.05) is 42.5 Å².